The summed E-state index contributed by atoms with van der Waals surface area (Å²) in [7, 11) is 0. The Morgan fingerprint density at radius 1 is 1.53 bits per heavy atom. The molecule has 0 aliphatic rings. The van der Waals surface area contributed by atoms with E-state index in [1.165, 1.54) is 12.1 Å². The summed E-state index contributed by atoms with van der Waals surface area (Å²) in [5.74, 6) is 2.58. The lowest BCUT2D eigenvalue weighted by Crippen LogP contribution is -2.20. The smallest absolute Gasteiger partial charge is 0.148 e. The minimum Gasteiger partial charge on any atom is -0.481 e. The molecule has 3 heteroatoms. The molecule has 0 aromatic heterocycles. The molecule has 0 fully saturated rings. The third kappa shape index (κ3) is 4.08. The molecule has 1 rings (SSSR count). The van der Waals surface area contributed by atoms with Gasteiger partial charge in [0.1, 0.15) is 18.2 Å². The van der Waals surface area contributed by atoms with E-state index in [-0.39, 0.29) is 18.5 Å². The zero-order valence-corrected chi connectivity index (χ0v) is 10.3. The minimum absolute atomic E-state index is 0.114. The van der Waals surface area contributed by atoms with Crippen molar-refractivity contribution in [1.82, 2.24) is 5.32 Å². The van der Waals surface area contributed by atoms with Gasteiger partial charge in [0.2, 0.25) is 0 Å². The van der Waals surface area contributed by atoms with Crippen LogP contribution in [0.1, 0.15) is 31.9 Å². The number of nitrogens with one attached hydrogen (secondary N) is 1. The molecule has 0 saturated heterocycles. The number of rotatable bonds is 6. The molecule has 1 aromatic carbocycles. The Kier molecular flexibility index (Phi) is 5.51. The number of ether oxygens (including phenoxy) is 1. The van der Waals surface area contributed by atoms with E-state index in [0.29, 0.717) is 5.75 Å². The van der Waals surface area contributed by atoms with Gasteiger partial charge in [-0.15, -0.1) is 6.42 Å². The zero-order chi connectivity index (χ0) is 12.7. The molecule has 1 atom stereocenters. The monoisotopic (exact) mass is 235 g/mol. The molecule has 92 valence electrons. The Morgan fingerprint density at radius 2 is 2.29 bits per heavy atom. The van der Waals surface area contributed by atoms with Crippen molar-refractivity contribution in [3.05, 3.63) is 29.6 Å². The lowest BCUT2D eigenvalue weighted by atomic mass is 10.1. The van der Waals surface area contributed by atoms with Crippen molar-refractivity contribution >= 4 is 0 Å². The first-order chi connectivity index (χ1) is 8.19. The Bertz CT molecular complexity index is 398. The summed E-state index contributed by atoms with van der Waals surface area (Å²) < 4.78 is 18.5. The zero-order valence-electron chi connectivity index (χ0n) is 10.3. The Balaban J connectivity index is 2.85. The summed E-state index contributed by atoms with van der Waals surface area (Å²) in [6, 6.07) is 4.65. The maximum atomic E-state index is 13.1. The lowest BCUT2D eigenvalue weighted by molar-refractivity contribution is 0.358. The standard InChI is InChI=1S/C14H18FNO/c1-4-8-16-11(3)13-7-6-12(15)10-14(13)17-9-5-2/h2,6-7,10-11,16H,4,8-9H2,1,3H3. The highest BCUT2D eigenvalue weighted by molar-refractivity contribution is 5.36. The Hall–Kier alpha value is -1.53. The molecule has 0 amide bonds. The fourth-order valence-electron chi connectivity index (χ4n) is 1.58. The topological polar surface area (TPSA) is 21.3 Å². The first-order valence-corrected chi connectivity index (χ1v) is 5.78. The molecule has 17 heavy (non-hydrogen) atoms. The molecule has 0 heterocycles. The maximum absolute atomic E-state index is 13.1. The van der Waals surface area contributed by atoms with Gasteiger partial charge >= 0.3 is 0 Å². The molecule has 0 saturated carbocycles. The quantitative estimate of drug-likeness (QED) is 0.765. The summed E-state index contributed by atoms with van der Waals surface area (Å²) in [4.78, 5) is 0. The molecule has 1 aromatic rings. The first kappa shape index (κ1) is 13.5. The van der Waals surface area contributed by atoms with Crippen LogP contribution in [0.4, 0.5) is 4.39 Å². The highest BCUT2D eigenvalue weighted by atomic mass is 19.1. The van der Waals surface area contributed by atoms with Gasteiger partial charge in [0.15, 0.2) is 0 Å². The van der Waals surface area contributed by atoms with Crippen molar-refractivity contribution < 1.29 is 9.13 Å². The van der Waals surface area contributed by atoms with Crippen LogP contribution in [0.25, 0.3) is 0 Å². The average molecular weight is 235 g/mol. The van der Waals surface area contributed by atoms with E-state index in [2.05, 4.69) is 18.2 Å². The predicted molar refractivity (Wildman–Crippen MR) is 67.4 cm³/mol. The molecule has 0 radical (unpaired) electrons. The van der Waals surface area contributed by atoms with Gasteiger partial charge in [-0.1, -0.05) is 18.9 Å². The molecular formula is C14H18FNO. The second-order valence-electron chi connectivity index (χ2n) is 3.85. The fraction of sp³-hybridized carbons (Fsp3) is 0.429. The van der Waals surface area contributed by atoms with Crippen molar-refractivity contribution in [2.75, 3.05) is 13.2 Å². The molecule has 2 nitrogen and oxygen atoms in total. The second-order valence-corrected chi connectivity index (χ2v) is 3.85. The Labute approximate surface area is 102 Å². The molecule has 1 unspecified atom stereocenters. The summed E-state index contributed by atoms with van der Waals surface area (Å²) in [5, 5.41) is 3.33. The van der Waals surface area contributed by atoms with Gasteiger partial charge in [-0.3, -0.25) is 0 Å². The van der Waals surface area contributed by atoms with E-state index in [4.69, 9.17) is 11.2 Å². The van der Waals surface area contributed by atoms with E-state index in [9.17, 15) is 4.39 Å². The van der Waals surface area contributed by atoms with Crippen LogP contribution in [-0.4, -0.2) is 13.2 Å². The van der Waals surface area contributed by atoms with Gasteiger partial charge in [0.05, 0.1) is 0 Å². The summed E-state index contributed by atoms with van der Waals surface area (Å²) in [6.07, 6.45) is 6.18. The van der Waals surface area contributed by atoms with Crippen LogP contribution in [0.5, 0.6) is 5.75 Å². The minimum atomic E-state index is -0.316. The van der Waals surface area contributed by atoms with Crippen molar-refractivity contribution in [2.24, 2.45) is 0 Å². The molecule has 0 aliphatic heterocycles. The third-order valence-corrected chi connectivity index (χ3v) is 2.45. The maximum Gasteiger partial charge on any atom is 0.148 e. The van der Waals surface area contributed by atoms with E-state index in [0.717, 1.165) is 18.5 Å². The van der Waals surface area contributed by atoms with Gasteiger partial charge in [0, 0.05) is 17.7 Å². The van der Waals surface area contributed by atoms with Gasteiger partial charge in [0.25, 0.3) is 0 Å². The SMILES string of the molecule is C#CCOc1cc(F)ccc1C(C)NCCC. The van der Waals surface area contributed by atoms with E-state index in [1.54, 1.807) is 6.07 Å². The molecule has 0 aliphatic carbocycles. The van der Waals surface area contributed by atoms with Crippen LogP contribution >= 0.6 is 0 Å². The molecular weight excluding hydrogens is 217 g/mol. The number of hydrogen-bond donors (Lipinski definition) is 1. The van der Waals surface area contributed by atoms with Gasteiger partial charge in [-0.05, 0) is 26.0 Å². The number of hydrogen-bond acceptors (Lipinski definition) is 2. The van der Waals surface area contributed by atoms with Crippen molar-refractivity contribution in [2.45, 2.75) is 26.3 Å². The normalized spacial score (nSPS) is 11.9. The van der Waals surface area contributed by atoms with Crippen LogP contribution < -0.4 is 10.1 Å². The first-order valence-electron chi connectivity index (χ1n) is 5.78. The fourth-order valence-corrected chi connectivity index (χ4v) is 1.58. The van der Waals surface area contributed by atoms with Gasteiger partial charge < -0.3 is 10.1 Å². The van der Waals surface area contributed by atoms with Crippen molar-refractivity contribution in [3.63, 3.8) is 0 Å². The summed E-state index contributed by atoms with van der Waals surface area (Å²) >= 11 is 0. The van der Waals surface area contributed by atoms with E-state index >= 15 is 0 Å². The molecule has 0 spiro atoms. The van der Waals surface area contributed by atoms with Crippen LogP contribution in [0, 0.1) is 18.2 Å². The summed E-state index contributed by atoms with van der Waals surface area (Å²) in [5.41, 5.74) is 0.926. The lowest BCUT2D eigenvalue weighted by Gasteiger charge is -2.17. The Morgan fingerprint density at radius 3 is 2.94 bits per heavy atom. The number of terminal acetylenes is 1. The summed E-state index contributed by atoms with van der Waals surface area (Å²) in [6.45, 7) is 5.18. The van der Waals surface area contributed by atoms with Crippen LogP contribution in [-0.2, 0) is 0 Å². The van der Waals surface area contributed by atoms with Gasteiger partial charge in [-0.2, -0.15) is 0 Å². The van der Waals surface area contributed by atoms with E-state index in [1.807, 2.05) is 6.92 Å². The van der Waals surface area contributed by atoms with Crippen LogP contribution in [0.3, 0.4) is 0 Å². The second kappa shape index (κ2) is 6.93. The number of halogens is 1. The van der Waals surface area contributed by atoms with Crippen LogP contribution in [0.15, 0.2) is 18.2 Å². The largest absolute Gasteiger partial charge is 0.481 e. The molecule has 1 N–H and O–H groups in total. The van der Waals surface area contributed by atoms with Crippen LogP contribution in [0.2, 0.25) is 0 Å². The molecule has 0 bridgehead atoms. The van der Waals surface area contributed by atoms with Crippen molar-refractivity contribution in [3.8, 4) is 18.1 Å². The third-order valence-electron chi connectivity index (χ3n) is 2.45. The van der Waals surface area contributed by atoms with Crippen molar-refractivity contribution in [1.29, 1.82) is 0 Å². The predicted octanol–water partition coefficient (Wildman–Crippen LogP) is 2.90. The van der Waals surface area contributed by atoms with Gasteiger partial charge in [-0.25, -0.2) is 4.39 Å². The average Bonchev–Trinajstić information content (AvgIpc) is 2.33. The number of benzene rings is 1. The highest BCUT2D eigenvalue weighted by Crippen LogP contribution is 2.26. The van der Waals surface area contributed by atoms with E-state index < -0.39 is 0 Å². The highest BCUT2D eigenvalue weighted by Gasteiger charge is 2.11.